The lowest BCUT2D eigenvalue weighted by Crippen LogP contribution is -2.42. The highest BCUT2D eigenvalue weighted by Gasteiger charge is 2.37. The molecule has 1 atom stereocenters. The molecule has 1 N–H and O–H groups in total. The molecule has 0 spiro atoms. The Bertz CT molecular complexity index is 776. The first-order valence-electron chi connectivity index (χ1n) is 9.18. The van der Waals surface area contributed by atoms with Gasteiger partial charge in [0.2, 0.25) is 11.6 Å². The average molecular weight is 387 g/mol. The fraction of sp³-hybridized carbons (Fsp3) is 0.409. The molecule has 0 aliphatic rings. The van der Waals surface area contributed by atoms with Gasteiger partial charge in [0, 0.05) is 37.9 Å². The number of ether oxygens (including phenoxy) is 4. The molecule has 0 aromatic heterocycles. The minimum absolute atomic E-state index is 0.0361. The largest absolute Gasteiger partial charge is 0.493 e. The van der Waals surface area contributed by atoms with Crippen molar-refractivity contribution < 1.29 is 23.7 Å². The van der Waals surface area contributed by atoms with Crippen LogP contribution in [-0.2, 0) is 9.47 Å². The van der Waals surface area contributed by atoms with Gasteiger partial charge in [-0.2, -0.15) is 0 Å². The summed E-state index contributed by atoms with van der Waals surface area (Å²) in [6, 6.07) is 13.1. The van der Waals surface area contributed by atoms with Gasteiger partial charge in [-0.3, -0.25) is 4.79 Å². The van der Waals surface area contributed by atoms with Crippen LogP contribution in [0.2, 0.25) is 0 Å². The Labute approximate surface area is 166 Å². The molecule has 0 aliphatic heterocycles. The Morgan fingerprint density at radius 3 is 2.07 bits per heavy atom. The van der Waals surface area contributed by atoms with Crippen molar-refractivity contribution in [1.29, 1.82) is 0 Å². The van der Waals surface area contributed by atoms with E-state index in [1.165, 1.54) is 14.2 Å². The summed E-state index contributed by atoms with van der Waals surface area (Å²) < 4.78 is 21.3. The highest BCUT2D eigenvalue weighted by molar-refractivity contribution is 6.01. The Balaban J connectivity index is 2.15. The monoisotopic (exact) mass is 387 g/mol. The predicted molar refractivity (Wildman–Crippen MR) is 109 cm³/mol. The van der Waals surface area contributed by atoms with Gasteiger partial charge in [-0.15, -0.1) is 0 Å². The van der Waals surface area contributed by atoms with Crippen molar-refractivity contribution in [3.05, 3.63) is 53.6 Å². The van der Waals surface area contributed by atoms with Crippen LogP contribution in [0.5, 0.6) is 11.5 Å². The van der Waals surface area contributed by atoms with Crippen LogP contribution in [-0.4, -0.2) is 40.0 Å². The summed E-state index contributed by atoms with van der Waals surface area (Å²) in [5.41, 5.74) is 2.49. The lowest BCUT2D eigenvalue weighted by Gasteiger charge is -2.28. The van der Waals surface area contributed by atoms with Gasteiger partial charge in [0.1, 0.15) is 0 Å². The molecule has 6 nitrogen and oxygen atoms in total. The summed E-state index contributed by atoms with van der Waals surface area (Å²) in [4.78, 5) is 12.7. The number of hydrogen-bond donors (Lipinski definition) is 1. The van der Waals surface area contributed by atoms with Gasteiger partial charge in [-0.1, -0.05) is 13.0 Å². The topological polar surface area (TPSA) is 66.0 Å². The lowest BCUT2D eigenvalue weighted by molar-refractivity contribution is -0.170. The zero-order valence-corrected chi connectivity index (χ0v) is 17.4. The molecule has 0 radical (unpaired) electrons. The number of carbonyl (C=O) groups excluding carboxylic acids is 1. The summed E-state index contributed by atoms with van der Waals surface area (Å²) in [6.45, 7) is 3.91. The third-order valence-electron chi connectivity index (χ3n) is 4.91. The van der Waals surface area contributed by atoms with Crippen molar-refractivity contribution in [3.63, 3.8) is 0 Å². The van der Waals surface area contributed by atoms with Gasteiger partial charge in [-0.25, -0.2) is 0 Å². The molecule has 2 aromatic rings. The van der Waals surface area contributed by atoms with E-state index in [9.17, 15) is 4.79 Å². The molecule has 1 unspecified atom stereocenters. The van der Waals surface area contributed by atoms with Crippen LogP contribution in [0.4, 0.5) is 5.69 Å². The molecule has 0 fully saturated rings. The maximum Gasteiger partial charge on any atom is 0.232 e. The second-order valence-electron chi connectivity index (χ2n) is 6.40. The minimum Gasteiger partial charge on any atom is -0.493 e. The normalized spacial score (nSPS) is 12.4. The molecule has 0 aliphatic carbocycles. The number of carbonyl (C=O) groups is 1. The first-order valence-corrected chi connectivity index (χ1v) is 9.18. The Kier molecular flexibility index (Phi) is 7.43. The molecule has 6 heteroatoms. The van der Waals surface area contributed by atoms with Crippen molar-refractivity contribution >= 4 is 11.5 Å². The number of hydrogen-bond acceptors (Lipinski definition) is 6. The van der Waals surface area contributed by atoms with E-state index < -0.39 is 5.79 Å². The smallest absolute Gasteiger partial charge is 0.232 e. The van der Waals surface area contributed by atoms with Crippen molar-refractivity contribution in [2.45, 2.75) is 32.1 Å². The number of anilines is 1. The quantitative estimate of drug-likeness (QED) is 0.480. The van der Waals surface area contributed by atoms with E-state index >= 15 is 0 Å². The second kappa shape index (κ2) is 9.57. The zero-order valence-electron chi connectivity index (χ0n) is 17.4. The summed E-state index contributed by atoms with van der Waals surface area (Å²) in [7, 11) is 6.19. The molecule has 2 aromatic carbocycles. The Morgan fingerprint density at radius 2 is 1.57 bits per heavy atom. The number of ketones is 1. The van der Waals surface area contributed by atoms with Crippen LogP contribution >= 0.6 is 0 Å². The van der Waals surface area contributed by atoms with Crippen LogP contribution in [0.25, 0.3) is 0 Å². The van der Waals surface area contributed by atoms with Gasteiger partial charge in [0.15, 0.2) is 11.5 Å². The van der Waals surface area contributed by atoms with Crippen molar-refractivity contribution in [1.82, 2.24) is 0 Å². The number of benzene rings is 2. The summed E-state index contributed by atoms with van der Waals surface area (Å²) in [6.07, 6.45) is 0.426. The fourth-order valence-corrected chi connectivity index (χ4v) is 3.11. The Morgan fingerprint density at radius 1 is 0.964 bits per heavy atom. The molecule has 0 saturated heterocycles. The van der Waals surface area contributed by atoms with E-state index in [1.807, 2.05) is 37.3 Å². The van der Waals surface area contributed by atoms with Crippen molar-refractivity contribution in [2.24, 2.45) is 0 Å². The zero-order chi connectivity index (χ0) is 20.7. The van der Waals surface area contributed by atoms with E-state index in [2.05, 4.69) is 12.2 Å². The number of nitrogens with one attached hydrogen (secondary N) is 1. The van der Waals surface area contributed by atoms with Crippen LogP contribution in [0.3, 0.4) is 0 Å². The minimum atomic E-state index is -1.25. The number of Topliss-reactive ketones (excluding diaryl/α,β-unsaturated/α-hetero) is 1. The SMILES string of the molecule is CCC(OC)(OC)C(=O)c1ccc(NC(C)c2ccc(OC)c(OC)c2)cc1. The van der Waals surface area contributed by atoms with Crippen LogP contribution in [0.1, 0.15) is 42.2 Å². The first-order chi connectivity index (χ1) is 13.4. The lowest BCUT2D eigenvalue weighted by atomic mass is 10.00. The average Bonchev–Trinajstić information content (AvgIpc) is 2.75. The molecule has 2 rings (SSSR count). The van der Waals surface area contributed by atoms with Gasteiger partial charge < -0.3 is 24.3 Å². The molecule has 0 bridgehead atoms. The molecular weight excluding hydrogens is 358 g/mol. The van der Waals surface area contributed by atoms with Crippen molar-refractivity contribution in [2.75, 3.05) is 33.8 Å². The van der Waals surface area contributed by atoms with Crippen molar-refractivity contribution in [3.8, 4) is 11.5 Å². The molecule has 0 heterocycles. The Hall–Kier alpha value is -2.57. The molecular formula is C22H29NO5. The second-order valence-corrected chi connectivity index (χ2v) is 6.40. The number of rotatable bonds is 10. The maximum absolute atomic E-state index is 12.7. The summed E-state index contributed by atoms with van der Waals surface area (Å²) >= 11 is 0. The van der Waals surface area contributed by atoms with E-state index in [1.54, 1.807) is 26.4 Å². The maximum atomic E-state index is 12.7. The third-order valence-corrected chi connectivity index (χ3v) is 4.91. The number of methoxy groups -OCH3 is 4. The van der Waals surface area contributed by atoms with E-state index in [4.69, 9.17) is 18.9 Å². The predicted octanol–water partition coefficient (Wildman–Crippen LogP) is 4.46. The fourth-order valence-electron chi connectivity index (χ4n) is 3.11. The van der Waals surface area contributed by atoms with Crippen LogP contribution < -0.4 is 14.8 Å². The van der Waals surface area contributed by atoms with Gasteiger partial charge >= 0.3 is 0 Å². The first kappa shape index (κ1) is 21.7. The van der Waals surface area contributed by atoms with E-state index in [-0.39, 0.29) is 11.8 Å². The highest BCUT2D eigenvalue weighted by Crippen LogP contribution is 2.31. The third kappa shape index (κ3) is 4.46. The van der Waals surface area contributed by atoms with Crippen LogP contribution in [0.15, 0.2) is 42.5 Å². The van der Waals surface area contributed by atoms with E-state index in [0.717, 1.165) is 11.3 Å². The van der Waals surface area contributed by atoms with Gasteiger partial charge in [0.05, 0.1) is 14.2 Å². The summed E-state index contributed by atoms with van der Waals surface area (Å²) in [5, 5.41) is 3.42. The summed E-state index contributed by atoms with van der Waals surface area (Å²) in [5.74, 6) is -0.0665. The van der Waals surface area contributed by atoms with Gasteiger partial charge in [-0.05, 0) is 48.9 Å². The molecule has 152 valence electrons. The molecule has 0 amide bonds. The molecule has 28 heavy (non-hydrogen) atoms. The van der Waals surface area contributed by atoms with Gasteiger partial charge in [0.25, 0.3) is 0 Å². The van der Waals surface area contributed by atoms with E-state index in [0.29, 0.717) is 23.5 Å². The molecule has 0 saturated carbocycles. The highest BCUT2D eigenvalue weighted by atomic mass is 16.7. The standard InChI is InChI=1S/C22H29NO5/c1-7-22(27-5,28-6)21(24)16-8-11-18(12-9-16)23-15(2)17-10-13-19(25-3)20(14-17)26-4/h8-15,23H,7H2,1-6H3. The van der Waals surface area contributed by atoms with Crippen LogP contribution in [0, 0.1) is 0 Å².